The maximum atomic E-state index is 12.7. The fourth-order valence-electron chi connectivity index (χ4n) is 3.07. The highest BCUT2D eigenvalue weighted by Gasteiger charge is 2.28. The van der Waals surface area contributed by atoms with Crippen LogP contribution in [0, 0.1) is 0 Å². The lowest BCUT2D eigenvalue weighted by Gasteiger charge is -2.20. The Labute approximate surface area is 173 Å². The third kappa shape index (κ3) is 4.68. The highest BCUT2D eigenvalue weighted by Crippen LogP contribution is 2.29. The van der Waals surface area contributed by atoms with E-state index in [1.165, 1.54) is 14.0 Å². The molecule has 0 aliphatic carbocycles. The topological polar surface area (TPSA) is 84.9 Å². The molecule has 1 saturated heterocycles. The number of carbonyl (C=O) groups excluding carboxylic acids is 3. The van der Waals surface area contributed by atoms with Gasteiger partial charge in [0.05, 0.1) is 24.0 Å². The van der Waals surface area contributed by atoms with Crippen LogP contribution < -0.4 is 15.0 Å². The number of esters is 1. The molecule has 0 unspecified atom stereocenters. The molecular weight excluding hydrogens is 396 g/mol. The number of hydrogen-bond donors (Lipinski definition) is 1. The van der Waals surface area contributed by atoms with Gasteiger partial charge in [-0.05, 0) is 43.7 Å². The van der Waals surface area contributed by atoms with Crippen molar-refractivity contribution in [3.63, 3.8) is 0 Å². The first-order chi connectivity index (χ1) is 13.9. The van der Waals surface area contributed by atoms with E-state index in [-0.39, 0.29) is 11.5 Å². The molecule has 29 heavy (non-hydrogen) atoms. The van der Waals surface area contributed by atoms with Gasteiger partial charge in [-0.25, -0.2) is 4.79 Å². The van der Waals surface area contributed by atoms with Gasteiger partial charge in [0.25, 0.3) is 5.91 Å². The van der Waals surface area contributed by atoms with Crippen LogP contribution in [0.15, 0.2) is 42.5 Å². The molecule has 152 valence electrons. The fourth-order valence-corrected chi connectivity index (χ4v) is 3.25. The van der Waals surface area contributed by atoms with Crippen LogP contribution in [0.4, 0.5) is 11.4 Å². The number of rotatable bonds is 6. The van der Waals surface area contributed by atoms with Crippen molar-refractivity contribution >= 4 is 40.8 Å². The van der Waals surface area contributed by atoms with E-state index in [0.717, 1.165) is 6.42 Å². The summed E-state index contributed by atoms with van der Waals surface area (Å²) in [5.74, 6) is -0.821. The molecule has 8 heteroatoms. The van der Waals surface area contributed by atoms with Crippen LogP contribution in [-0.4, -0.2) is 37.5 Å². The number of halogens is 1. The minimum atomic E-state index is -1.08. The average molecular weight is 417 g/mol. The van der Waals surface area contributed by atoms with Gasteiger partial charge in [-0.3, -0.25) is 9.59 Å². The number of methoxy groups -OCH3 is 1. The first-order valence-corrected chi connectivity index (χ1v) is 9.53. The van der Waals surface area contributed by atoms with Crippen LogP contribution in [0.2, 0.25) is 5.02 Å². The third-order valence-corrected chi connectivity index (χ3v) is 4.80. The first-order valence-electron chi connectivity index (χ1n) is 9.15. The quantitative estimate of drug-likeness (QED) is 0.726. The molecule has 2 aromatic rings. The second-order valence-corrected chi connectivity index (χ2v) is 6.98. The Balaban J connectivity index is 1.72. The van der Waals surface area contributed by atoms with E-state index in [4.69, 9.17) is 21.1 Å². The molecule has 0 radical (unpaired) electrons. The zero-order valence-electron chi connectivity index (χ0n) is 16.1. The summed E-state index contributed by atoms with van der Waals surface area (Å²) in [5, 5.41) is 3.07. The van der Waals surface area contributed by atoms with Gasteiger partial charge in [0.1, 0.15) is 5.75 Å². The minimum absolute atomic E-state index is 0.0379. The van der Waals surface area contributed by atoms with Crippen molar-refractivity contribution in [1.82, 2.24) is 0 Å². The number of nitrogens with zero attached hydrogens (tertiary/aromatic N) is 1. The molecule has 1 aliphatic rings. The Morgan fingerprint density at radius 2 is 1.97 bits per heavy atom. The lowest BCUT2D eigenvalue weighted by Crippen LogP contribution is -2.31. The van der Waals surface area contributed by atoms with Crippen molar-refractivity contribution in [3.05, 3.63) is 53.1 Å². The molecule has 1 atom stereocenters. The molecule has 1 fully saturated rings. The number of benzene rings is 2. The molecule has 2 aromatic carbocycles. The van der Waals surface area contributed by atoms with Crippen molar-refractivity contribution in [3.8, 4) is 5.75 Å². The fraction of sp³-hybridized carbons (Fsp3) is 0.286. The van der Waals surface area contributed by atoms with Crippen LogP contribution in [0.25, 0.3) is 0 Å². The van der Waals surface area contributed by atoms with Gasteiger partial charge >= 0.3 is 5.97 Å². The summed E-state index contributed by atoms with van der Waals surface area (Å²) in [4.78, 5) is 38.8. The Morgan fingerprint density at radius 1 is 1.21 bits per heavy atom. The van der Waals surface area contributed by atoms with Crippen molar-refractivity contribution in [2.24, 2.45) is 0 Å². The number of hydrogen-bond acceptors (Lipinski definition) is 5. The van der Waals surface area contributed by atoms with Crippen LogP contribution in [-0.2, 0) is 14.3 Å². The van der Waals surface area contributed by atoms with Crippen LogP contribution >= 0.6 is 11.6 Å². The van der Waals surface area contributed by atoms with Gasteiger partial charge in [-0.2, -0.15) is 0 Å². The monoisotopic (exact) mass is 416 g/mol. The number of para-hydroxylation sites is 1. The van der Waals surface area contributed by atoms with Crippen molar-refractivity contribution < 1.29 is 23.9 Å². The zero-order chi connectivity index (χ0) is 21.0. The number of nitrogens with one attached hydrogen (secondary N) is 1. The van der Waals surface area contributed by atoms with Crippen molar-refractivity contribution in [2.75, 3.05) is 23.9 Å². The molecule has 2 amide bonds. The summed E-state index contributed by atoms with van der Waals surface area (Å²) in [6.07, 6.45) is 0.111. The van der Waals surface area contributed by atoms with E-state index in [2.05, 4.69) is 5.32 Å². The molecule has 0 saturated carbocycles. The summed E-state index contributed by atoms with van der Waals surface area (Å²) in [5.41, 5.74) is 1.10. The Bertz CT molecular complexity index is 946. The van der Waals surface area contributed by atoms with Crippen LogP contribution in [0.5, 0.6) is 5.75 Å². The van der Waals surface area contributed by atoms with E-state index in [0.29, 0.717) is 35.1 Å². The smallest absolute Gasteiger partial charge is 0.341 e. The lowest BCUT2D eigenvalue weighted by molar-refractivity contribution is -0.123. The maximum absolute atomic E-state index is 12.7. The molecule has 0 spiro atoms. The summed E-state index contributed by atoms with van der Waals surface area (Å²) in [6, 6.07) is 11.5. The maximum Gasteiger partial charge on any atom is 0.341 e. The van der Waals surface area contributed by atoms with E-state index in [9.17, 15) is 14.4 Å². The van der Waals surface area contributed by atoms with E-state index in [1.807, 2.05) is 0 Å². The van der Waals surface area contributed by atoms with Gasteiger partial charge in [0.2, 0.25) is 5.91 Å². The third-order valence-electron chi connectivity index (χ3n) is 4.56. The predicted octanol–water partition coefficient (Wildman–Crippen LogP) is 3.66. The van der Waals surface area contributed by atoms with Gasteiger partial charge in [-0.15, -0.1) is 0 Å². The lowest BCUT2D eigenvalue weighted by atomic mass is 10.1. The average Bonchev–Trinajstić information content (AvgIpc) is 3.13. The molecule has 0 bridgehead atoms. The molecule has 1 heterocycles. The molecular formula is C21H21ClN2O5. The van der Waals surface area contributed by atoms with Crippen LogP contribution in [0.1, 0.15) is 30.1 Å². The molecule has 7 nitrogen and oxygen atoms in total. The van der Waals surface area contributed by atoms with E-state index in [1.54, 1.807) is 47.4 Å². The standard InChI is InChI=1S/C21H21ClN2O5/c1-13(20(26)23-16-12-14(22)9-10-18(16)28-2)29-21(27)15-6-3-4-7-17(15)24-11-5-8-19(24)25/h3-4,6-7,9-10,12-13H,5,8,11H2,1-2H3,(H,23,26)/t13-/m1/s1. The Kier molecular flexibility index (Phi) is 6.39. The van der Waals surface area contributed by atoms with Crippen LogP contribution in [0.3, 0.4) is 0 Å². The molecule has 3 rings (SSSR count). The second-order valence-electron chi connectivity index (χ2n) is 6.55. The largest absolute Gasteiger partial charge is 0.495 e. The SMILES string of the molecule is COc1ccc(Cl)cc1NC(=O)[C@@H](C)OC(=O)c1ccccc1N1CCCC1=O. The normalized spacial score (nSPS) is 14.4. The number of anilines is 2. The highest BCUT2D eigenvalue weighted by molar-refractivity contribution is 6.31. The predicted molar refractivity (Wildman–Crippen MR) is 110 cm³/mol. The van der Waals surface area contributed by atoms with Gasteiger partial charge < -0.3 is 19.7 Å². The van der Waals surface area contributed by atoms with E-state index < -0.39 is 18.0 Å². The molecule has 1 N–H and O–H groups in total. The molecule has 0 aromatic heterocycles. The van der Waals surface area contributed by atoms with Gasteiger partial charge in [0.15, 0.2) is 6.10 Å². The minimum Gasteiger partial charge on any atom is -0.495 e. The van der Waals surface area contributed by atoms with Crippen molar-refractivity contribution in [1.29, 1.82) is 0 Å². The summed E-state index contributed by atoms with van der Waals surface area (Å²) < 4.78 is 10.5. The zero-order valence-corrected chi connectivity index (χ0v) is 16.9. The Morgan fingerprint density at radius 3 is 2.66 bits per heavy atom. The van der Waals surface area contributed by atoms with Gasteiger partial charge in [-0.1, -0.05) is 23.7 Å². The first kappa shape index (κ1) is 20.7. The molecule has 1 aliphatic heterocycles. The number of carbonyl (C=O) groups is 3. The van der Waals surface area contributed by atoms with Gasteiger partial charge in [0, 0.05) is 18.0 Å². The Hall–Kier alpha value is -3.06. The summed E-state index contributed by atoms with van der Waals surface area (Å²) >= 11 is 5.97. The van der Waals surface area contributed by atoms with E-state index >= 15 is 0 Å². The number of amides is 2. The number of ether oxygens (including phenoxy) is 2. The highest BCUT2D eigenvalue weighted by atomic mass is 35.5. The second kappa shape index (κ2) is 8.96. The van der Waals surface area contributed by atoms with Crippen molar-refractivity contribution in [2.45, 2.75) is 25.9 Å². The summed E-state index contributed by atoms with van der Waals surface area (Å²) in [7, 11) is 1.47. The summed E-state index contributed by atoms with van der Waals surface area (Å²) in [6.45, 7) is 2.02.